The molecule has 9 aromatic rings. The van der Waals surface area contributed by atoms with Crippen LogP contribution in [0.3, 0.4) is 0 Å². The van der Waals surface area contributed by atoms with Crippen LogP contribution in [0, 0.1) is 0 Å². The zero-order valence-electron chi connectivity index (χ0n) is 22.0. The van der Waals surface area contributed by atoms with E-state index in [0.29, 0.717) is 0 Å². The first-order valence-electron chi connectivity index (χ1n) is 13.8. The van der Waals surface area contributed by atoms with Crippen LogP contribution in [0.15, 0.2) is 138 Å². The van der Waals surface area contributed by atoms with E-state index in [1.54, 1.807) is 12.4 Å². The monoisotopic (exact) mass is 522 g/mol. The molecule has 7 aromatic carbocycles. The summed E-state index contributed by atoms with van der Waals surface area (Å²) >= 11 is 0. The third-order valence-electron chi connectivity index (χ3n) is 8.32. The zero-order valence-corrected chi connectivity index (χ0v) is 22.0. The Bertz CT molecular complexity index is 2450. The molecule has 0 spiro atoms. The molecule has 0 aliphatic carbocycles. The van der Waals surface area contributed by atoms with E-state index in [2.05, 4.69) is 126 Å². The van der Waals surface area contributed by atoms with Gasteiger partial charge < -0.3 is 4.42 Å². The quantitative estimate of drug-likeness (QED) is 0.212. The van der Waals surface area contributed by atoms with Gasteiger partial charge in [0.25, 0.3) is 0 Å². The number of hydrogen-bond donors (Lipinski definition) is 0. The maximum absolute atomic E-state index is 6.53. The SMILES string of the molecule is c1cc(-c2ccc3c(c2)c2ccccc2c2nccnc32)cc(-c2cccc3c2oc2cc4ccccc4cc23)c1. The van der Waals surface area contributed by atoms with Crippen LogP contribution in [0.5, 0.6) is 0 Å². The highest BCUT2D eigenvalue weighted by Crippen LogP contribution is 2.39. The minimum Gasteiger partial charge on any atom is -0.455 e. The standard InChI is InChI=1S/C38H22N2O/c1-2-8-25-22-35-34(21-24(25)7-1)32-14-6-13-28(38(32)41-35)27-10-5-9-23(19-27)26-15-16-31-33(20-26)29-11-3-4-12-30(29)36-37(31)40-18-17-39-36/h1-22H. The first-order chi connectivity index (χ1) is 20.3. The highest BCUT2D eigenvalue weighted by molar-refractivity contribution is 6.23. The highest BCUT2D eigenvalue weighted by Gasteiger charge is 2.15. The maximum Gasteiger partial charge on any atom is 0.143 e. The molecule has 0 saturated carbocycles. The molecule has 0 aliphatic rings. The van der Waals surface area contributed by atoms with Gasteiger partial charge in [-0.2, -0.15) is 0 Å². The summed E-state index contributed by atoms with van der Waals surface area (Å²) in [6, 6.07) is 43.2. The maximum atomic E-state index is 6.53. The van der Waals surface area contributed by atoms with Crippen molar-refractivity contribution in [3.8, 4) is 22.3 Å². The molecule has 0 saturated heterocycles. The summed E-state index contributed by atoms with van der Waals surface area (Å²) in [5.74, 6) is 0. The minimum absolute atomic E-state index is 0.916. The van der Waals surface area contributed by atoms with Crippen LogP contribution in [0.25, 0.3) is 87.5 Å². The molecule has 9 rings (SSSR count). The number of aromatic nitrogens is 2. The molecule has 0 unspecified atom stereocenters. The summed E-state index contributed by atoms with van der Waals surface area (Å²) in [6.07, 6.45) is 3.54. The van der Waals surface area contributed by atoms with Crippen molar-refractivity contribution in [3.63, 3.8) is 0 Å². The van der Waals surface area contributed by atoms with Gasteiger partial charge in [-0.25, -0.2) is 0 Å². The molecule has 0 bridgehead atoms. The number of fused-ring (bicyclic) bond motifs is 10. The molecule has 0 amide bonds. The zero-order chi connectivity index (χ0) is 26.9. The molecule has 2 aromatic heterocycles. The molecule has 41 heavy (non-hydrogen) atoms. The van der Waals surface area contributed by atoms with Crippen LogP contribution < -0.4 is 0 Å². The van der Waals surface area contributed by atoms with Gasteiger partial charge in [0.1, 0.15) is 11.2 Å². The Morgan fingerprint density at radius 2 is 1.07 bits per heavy atom. The predicted octanol–water partition coefficient (Wildman–Crippen LogP) is 10.3. The molecular weight excluding hydrogens is 500 g/mol. The fourth-order valence-corrected chi connectivity index (χ4v) is 6.39. The number of para-hydroxylation sites is 1. The topological polar surface area (TPSA) is 38.9 Å². The van der Waals surface area contributed by atoms with E-state index < -0.39 is 0 Å². The third kappa shape index (κ3) is 3.33. The van der Waals surface area contributed by atoms with Gasteiger partial charge in [0.05, 0.1) is 11.0 Å². The van der Waals surface area contributed by atoms with Crippen molar-refractivity contribution in [2.45, 2.75) is 0 Å². The average Bonchev–Trinajstić information content (AvgIpc) is 3.41. The second kappa shape index (κ2) is 8.48. The summed E-state index contributed by atoms with van der Waals surface area (Å²) in [7, 11) is 0. The number of benzene rings is 7. The molecule has 0 atom stereocenters. The van der Waals surface area contributed by atoms with Crippen LogP contribution in [0.4, 0.5) is 0 Å². The van der Waals surface area contributed by atoms with Crippen molar-refractivity contribution in [1.82, 2.24) is 9.97 Å². The van der Waals surface area contributed by atoms with Crippen molar-refractivity contribution in [2.75, 3.05) is 0 Å². The number of furan rings is 1. The molecule has 0 aliphatic heterocycles. The van der Waals surface area contributed by atoms with Crippen molar-refractivity contribution < 1.29 is 4.42 Å². The molecule has 0 fully saturated rings. The summed E-state index contributed by atoms with van der Waals surface area (Å²) in [5, 5.41) is 9.30. The van der Waals surface area contributed by atoms with Crippen molar-refractivity contribution in [2.24, 2.45) is 0 Å². The fourth-order valence-electron chi connectivity index (χ4n) is 6.39. The van der Waals surface area contributed by atoms with E-state index in [9.17, 15) is 0 Å². The highest BCUT2D eigenvalue weighted by atomic mass is 16.3. The Morgan fingerprint density at radius 3 is 1.93 bits per heavy atom. The van der Waals surface area contributed by atoms with E-state index in [0.717, 1.165) is 66.0 Å². The molecule has 0 radical (unpaired) electrons. The van der Waals surface area contributed by atoms with Crippen molar-refractivity contribution in [1.29, 1.82) is 0 Å². The van der Waals surface area contributed by atoms with Gasteiger partial charge in [-0.3, -0.25) is 9.97 Å². The lowest BCUT2D eigenvalue weighted by atomic mass is 9.94. The summed E-state index contributed by atoms with van der Waals surface area (Å²) in [5.41, 5.74) is 8.26. The lowest BCUT2D eigenvalue weighted by molar-refractivity contribution is 0.670. The van der Waals surface area contributed by atoms with Gasteiger partial charge >= 0.3 is 0 Å². The van der Waals surface area contributed by atoms with Crippen LogP contribution >= 0.6 is 0 Å². The molecule has 0 N–H and O–H groups in total. The number of rotatable bonds is 2. The number of hydrogen-bond acceptors (Lipinski definition) is 3. The predicted molar refractivity (Wildman–Crippen MR) is 170 cm³/mol. The lowest BCUT2D eigenvalue weighted by Gasteiger charge is -2.11. The molecule has 3 heteroatoms. The lowest BCUT2D eigenvalue weighted by Crippen LogP contribution is -1.89. The van der Waals surface area contributed by atoms with E-state index in [-0.39, 0.29) is 0 Å². The van der Waals surface area contributed by atoms with E-state index in [1.807, 2.05) is 0 Å². The Morgan fingerprint density at radius 1 is 0.415 bits per heavy atom. The van der Waals surface area contributed by atoms with Gasteiger partial charge in [-0.15, -0.1) is 0 Å². The fraction of sp³-hybridized carbons (Fsp3) is 0. The van der Waals surface area contributed by atoms with Crippen LogP contribution in [-0.2, 0) is 0 Å². The van der Waals surface area contributed by atoms with Crippen molar-refractivity contribution in [3.05, 3.63) is 134 Å². The van der Waals surface area contributed by atoms with E-state index in [4.69, 9.17) is 9.40 Å². The first-order valence-corrected chi connectivity index (χ1v) is 13.8. The second-order valence-corrected chi connectivity index (χ2v) is 10.6. The average molecular weight is 523 g/mol. The second-order valence-electron chi connectivity index (χ2n) is 10.6. The van der Waals surface area contributed by atoms with Crippen LogP contribution in [0.1, 0.15) is 0 Å². The van der Waals surface area contributed by atoms with Crippen molar-refractivity contribution >= 4 is 65.3 Å². The summed E-state index contributed by atoms with van der Waals surface area (Å²) in [4.78, 5) is 9.38. The minimum atomic E-state index is 0.916. The van der Waals surface area contributed by atoms with E-state index >= 15 is 0 Å². The van der Waals surface area contributed by atoms with Crippen LogP contribution in [0.2, 0.25) is 0 Å². The molecule has 190 valence electrons. The molecule has 2 heterocycles. The summed E-state index contributed by atoms with van der Waals surface area (Å²) < 4.78 is 6.53. The Labute approximate surface area is 235 Å². The van der Waals surface area contributed by atoms with Gasteiger partial charge in [0.15, 0.2) is 0 Å². The third-order valence-corrected chi connectivity index (χ3v) is 8.32. The molecular formula is C38H22N2O. The molecule has 3 nitrogen and oxygen atoms in total. The van der Waals surface area contributed by atoms with Gasteiger partial charge in [0.2, 0.25) is 0 Å². The van der Waals surface area contributed by atoms with Crippen LogP contribution in [-0.4, -0.2) is 9.97 Å². The van der Waals surface area contributed by atoms with Gasteiger partial charge in [-0.1, -0.05) is 97.1 Å². The Balaban J connectivity index is 1.24. The van der Waals surface area contributed by atoms with E-state index in [1.165, 1.54) is 21.5 Å². The Kier molecular flexibility index (Phi) is 4.61. The first kappa shape index (κ1) is 22.3. The smallest absolute Gasteiger partial charge is 0.143 e. The largest absolute Gasteiger partial charge is 0.455 e. The summed E-state index contributed by atoms with van der Waals surface area (Å²) in [6.45, 7) is 0. The number of nitrogens with zero attached hydrogens (tertiary/aromatic N) is 2. The van der Waals surface area contributed by atoms with Gasteiger partial charge in [-0.05, 0) is 62.5 Å². The Hall–Kier alpha value is -5.54. The van der Waals surface area contributed by atoms with Gasteiger partial charge in [0, 0.05) is 39.5 Å². The normalized spacial score (nSPS) is 11.9.